The summed E-state index contributed by atoms with van der Waals surface area (Å²) in [5.41, 5.74) is 6.35. The van der Waals surface area contributed by atoms with Gasteiger partial charge in [-0.15, -0.1) is 0 Å². The standard InChI is InChI=1S/C12H15NO2/c1-3-8-14-10-6-5-7-11(12(10)13)15-9-4-2/h3-7H,1-2,8-9,13H2. The lowest BCUT2D eigenvalue weighted by Gasteiger charge is -2.11. The van der Waals surface area contributed by atoms with Gasteiger partial charge in [0.15, 0.2) is 0 Å². The molecule has 0 atom stereocenters. The van der Waals surface area contributed by atoms with Gasteiger partial charge in [0.25, 0.3) is 0 Å². The summed E-state index contributed by atoms with van der Waals surface area (Å²) in [4.78, 5) is 0. The van der Waals surface area contributed by atoms with Crippen molar-refractivity contribution in [1.82, 2.24) is 0 Å². The molecule has 0 saturated carbocycles. The molecule has 0 heterocycles. The van der Waals surface area contributed by atoms with E-state index in [9.17, 15) is 0 Å². The molecule has 0 aliphatic heterocycles. The zero-order chi connectivity index (χ0) is 11.1. The summed E-state index contributed by atoms with van der Waals surface area (Å²) in [6, 6.07) is 5.41. The van der Waals surface area contributed by atoms with Gasteiger partial charge in [0.1, 0.15) is 30.4 Å². The van der Waals surface area contributed by atoms with E-state index in [0.29, 0.717) is 30.4 Å². The summed E-state index contributed by atoms with van der Waals surface area (Å²) in [5.74, 6) is 1.22. The smallest absolute Gasteiger partial charge is 0.146 e. The Labute approximate surface area is 89.8 Å². The Bertz CT molecular complexity index is 317. The van der Waals surface area contributed by atoms with E-state index < -0.39 is 0 Å². The quantitative estimate of drug-likeness (QED) is 0.573. The summed E-state index contributed by atoms with van der Waals surface area (Å²) in [6.45, 7) is 7.99. The molecule has 0 radical (unpaired) electrons. The SMILES string of the molecule is C=CCOc1cccc(OCC=C)c1N. The lowest BCUT2D eigenvalue weighted by molar-refractivity contribution is 0.348. The van der Waals surface area contributed by atoms with Crippen LogP contribution in [0.2, 0.25) is 0 Å². The number of nitrogen functional groups attached to an aromatic ring is 1. The van der Waals surface area contributed by atoms with Crippen LogP contribution in [0.25, 0.3) is 0 Å². The summed E-state index contributed by atoms with van der Waals surface area (Å²) >= 11 is 0. The second-order valence-electron chi connectivity index (χ2n) is 2.87. The molecular formula is C12H15NO2. The van der Waals surface area contributed by atoms with Crippen LogP contribution in [-0.2, 0) is 0 Å². The minimum Gasteiger partial charge on any atom is -0.487 e. The van der Waals surface area contributed by atoms with E-state index in [1.54, 1.807) is 24.3 Å². The van der Waals surface area contributed by atoms with E-state index in [2.05, 4.69) is 13.2 Å². The molecule has 1 aromatic rings. The van der Waals surface area contributed by atoms with Crippen molar-refractivity contribution in [3.63, 3.8) is 0 Å². The minimum atomic E-state index is 0.426. The molecular weight excluding hydrogens is 190 g/mol. The van der Waals surface area contributed by atoms with Crippen LogP contribution < -0.4 is 15.2 Å². The van der Waals surface area contributed by atoms with Crippen molar-refractivity contribution in [1.29, 1.82) is 0 Å². The van der Waals surface area contributed by atoms with Crippen LogP contribution in [0.3, 0.4) is 0 Å². The maximum absolute atomic E-state index is 5.85. The third-order valence-corrected chi connectivity index (χ3v) is 1.74. The Morgan fingerprint density at radius 1 is 1.07 bits per heavy atom. The molecule has 0 fully saturated rings. The van der Waals surface area contributed by atoms with Crippen molar-refractivity contribution in [2.75, 3.05) is 18.9 Å². The first-order valence-corrected chi connectivity index (χ1v) is 4.65. The Morgan fingerprint density at radius 2 is 1.53 bits per heavy atom. The average Bonchev–Trinajstić information content (AvgIpc) is 2.26. The van der Waals surface area contributed by atoms with Gasteiger partial charge in [-0.1, -0.05) is 31.4 Å². The molecule has 0 aromatic heterocycles. The topological polar surface area (TPSA) is 44.5 Å². The van der Waals surface area contributed by atoms with E-state index in [4.69, 9.17) is 15.2 Å². The highest BCUT2D eigenvalue weighted by Gasteiger charge is 2.05. The van der Waals surface area contributed by atoms with Gasteiger partial charge in [0.2, 0.25) is 0 Å². The number of benzene rings is 1. The van der Waals surface area contributed by atoms with Crippen molar-refractivity contribution >= 4 is 5.69 Å². The predicted molar refractivity (Wildman–Crippen MR) is 62.2 cm³/mol. The normalized spacial score (nSPS) is 9.33. The lowest BCUT2D eigenvalue weighted by atomic mass is 10.3. The van der Waals surface area contributed by atoms with Crippen molar-refractivity contribution in [2.24, 2.45) is 0 Å². The van der Waals surface area contributed by atoms with E-state index >= 15 is 0 Å². The monoisotopic (exact) mass is 205 g/mol. The Morgan fingerprint density at radius 3 is 1.93 bits per heavy atom. The van der Waals surface area contributed by atoms with Gasteiger partial charge in [-0.25, -0.2) is 0 Å². The lowest BCUT2D eigenvalue weighted by Crippen LogP contribution is -2.01. The molecule has 3 heteroatoms. The largest absolute Gasteiger partial charge is 0.487 e. The molecule has 2 N–H and O–H groups in total. The van der Waals surface area contributed by atoms with E-state index in [1.807, 2.05) is 6.07 Å². The van der Waals surface area contributed by atoms with Crippen LogP contribution in [-0.4, -0.2) is 13.2 Å². The highest BCUT2D eigenvalue weighted by atomic mass is 16.5. The Kier molecular flexibility index (Phi) is 4.29. The van der Waals surface area contributed by atoms with Gasteiger partial charge >= 0.3 is 0 Å². The second kappa shape index (κ2) is 5.75. The fourth-order valence-corrected chi connectivity index (χ4v) is 1.07. The third kappa shape index (κ3) is 3.06. The fraction of sp³-hybridized carbons (Fsp3) is 0.167. The molecule has 3 nitrogen and oxygen atoms in total. The van der Waals surface area contributed by atoms with Gasteiger partial charge in [-0.2, -0.15) is 0 Å². The third-order valence-electron chi connectivity index (χ3n) is 1.74. The molecule has 1 aromatic carbocycles. The van der Waals surface area contributed by atoms with Crippen molar-refractivity contribution in [3.8, 4) is 11.5 Å². The predicted octanol–water partition coefficient (Wildman–Crippen LogP) is 2.40. The number of nitrogens with two attached hydrogens (primary N) is 1. The molecule has 0 bridgehead atoms. The number of hydrogen-bond donors (Lipinski definition) is 1. The number of para-hydroxylation sites is 1. The van der Waals surface area contributed by atoms with Crippen LogP contribution in [0, 0.1) is 0 Å². The molecule has 0 unspecified atom stereocenters. The summed E-state index contributed by atoms with van der Waals surface area (Å²) < 4.78 is 10.7. The number of hydrogen-bond acceptors (Lipinski definition) is 3. The summed E-state index contributed by atoms with van der Waals surface area (Å²) in [5, 5.41) is 0. The Balaban J connectivity index is 2.79. The first kappa shape index (κ1) is 11.2. The molecule has 0 aliphatic rings. The zero-order valence-corrected chi connectivity index (χ0v) is 8.61. The van der Waals surface area contributed by atoms with Crippen LogP contribution >= 0.6 is 0 Å². The fourth-order valence-electron chi connectivity index (χ4n) is 1.07. The molecule has 15 heavy (non-hydrogen) atoms. The minimum absolute atomic E-state index is 0.426. The van der Waals surface area contributed by atoms with E-state index in [1.165, 1.54) is 0 Å². The van der Waals surface area contributed by atoms with Crippen molar-refractivity contribution in [2.45, 2.75) is 0 Å². The van der Waals surface area contributed by atoms with E-state index in [0.717, 1.165) is 0 Å². The number of rotatable bonds is 6. The van der Waals surface area contributed by atoms with Crippen LogP contribution in [0.1, 0.15) is 0 Å². The number of anilines is 1. The first-order valence-electron chi connectivity index (χ1n) is 4.65. The summed E-state index contributed by atoms with van der Waals surface area (Å²) in [7, 11) is 0. The molecule has 1 rings (SSSR count). The van der Waals surface area contributed by atoms with Crippen LogP contribution in [0.15, 0.2) is 43.5 Å². The molecule has 0 amide bonds. The number of ether oxygens (including phenoxy) is 2. The molecule has 0 aliphatic carbocycles. The van der Waals surface area contributed by atoms with Gasteiger partial charge in [0.05, 0.1) is 0 Å². The van der Waals surface area contributed by atoms with Crippen molar-refractivity contribution < 1.29 is 9.47 Å². The highest BCUT2D eigenvalue weighted by Crippen LogP contribution is 2.31. The van der Waals surface area contributed by atoms with Gasteiger partial charge in [-0.05, 0) is 12.1 Å². The molecule has 0 saturated heterocycles. The first-order chi connectivity index (χ1) is 7.29. The average molecular weight is 205 g/mol. The van der Waals surface area contributed by atoms with Gasteiger partial charge in [0, 0.05) is 0 Å². The Hall–Kier alpha value is -1.90. The zero-order valence-electron chi connectivity index (χ0n) is 8.61. The molecule has 80 valence electrons. The van der Waals surface area contributed by atoms with Crippen LogP contribution in [0.5, 0.6) is 11.5 Å². The second-order valence-corrected chi connectivity index (χ2v) is 2.87. The van der Waals surface area contributed by atoms with Gasteiger partial charge < -0.3 is 15.2 Å². The van der Waals surface area contributed by atoms with Gasteiger partial charge in [-0.3, -0.25) is 0 Å². The molecule has 0 spiro atoms. The maximum atomic E-state index is 5.85. The van der Waals surface area contributed by atoms with Crippen LogP contribution in [0.4, 0.5) is 5.69 Å². The van der Waals surface area contributed by atoms with Crippen molar-refractivity contribution in [3.05, 3.63) is 43.5 Å². The maximum Gasteiger partial charge on any atom is 0.146 e. The summed E-state index contributed by atoms with van der Waals surface area (Å²) in [6.07, 6.45) is 3.33. The van der Waals surface area contributed by atoms with E-state index in [-0.39, 0.29) is 0 Å². The highest BCUT2D eigenvalue weighted by molar-refractivity contribution is 5.62.